The monoisotopic (exact) mass is 453 g/mol. The van der Waals surface area contributed by atoms with Crippen molar-refractivity contribution in [2.24, 2.45) is 0 Å². The number of hydrogen-bond donors (Lipinski definition) is 1. The first-order chi connectivity index (χ1) is 13.9. The van der Waals surface area contributed by atoms with Gasteiger partial charge >= 0.3 is 29.6 Å². The molecule has 0 fully saturated rings. The average Bonchev–Trinajstić information content (AvgIpc) is 2.68. The molecular weight excluding hydrogens is 405 g/mol. The first-order valence-corrected chi connectivity index (χ1v) is 13.5. The molecule has 6 heteroatoms. The van der Waals surface area contributed by atoms with Gasteiger partial charge < -0.3 is 1.43 Å². The third-order valence-corrected chi connectivity index (χ3v) is 6.21. The Labute approximate surface area is 211 Å². The van der Waals surface area contributed by atoms with Crippen LogP contribution in [0.15, 0.2) is 24.8 Å². The van der Waals surface area contributed by atoms with Crippen molar-refractivity contribution in [2.75, 3.05) is 18.8 Å². The second kappa shape index (κ2) is 22.5. The molecule has 0 aliphatic heterocycles. The fourth-order valence-electron chi connectivity index (χ4n) is 3.46. The molecule has 174 valence electrons. The SMILES string of the molecule is C=CC(C)N(CCCCCCCC/C=C\CCCCCCCC)CCS(=O)(=O)O.[H-].[Na+]. The van der Waals surface area contributed by atoms with Crippen molar-refractivity contribution in [3.63, 3.8) is 0 Å². The summed E-state index contributed by atoms with van der Waals surface area (Å²) in [6, 6.07) is 0.125. The molecule has 0 radical (unpaired) electrons. The Morgan fingerprint density at radius 1 is 0.867 bits per heavy atom. The van der Waals surface area contributed by atoms with E-state index in [9.17, 15) is 8.42 Å². The molecule has 0 aromatic carbocycles. The van der Waals surface area contributed by atoms with Gasteiger partial charge in [-0.1, -0.05) is 82.9 Å². The Morgan fingerprint density at radius 3 is 1.80 bits per heavy atom. The molecule has 1 N–H and O–H groups in total. The van der Waals surface area contributed by atoms with Crippen molar-refractivity contribution in [1.29, 1.82) is 0 Å². The Morgan fingerprint density at radius 2 is 1.33 bits per heavy atom. The van der Waals surface area contributed by atoms with E-state index in [-0.39, 0.29) is 42.8 Å². The fourth-order valence-corrected chi connectivity index (χ4v) is 3.93. The third-order valence-electron chi connectivity index (χ3n) is 5.51. The van der Waals surface area contributed by atoms with Gasteiger partial charge in [0, 0.05) is 12.6 Å². The van der Waals surface area contributed by atoms with Crippen LogP contribution in [0.25, 0.3) is 0 Å². The van der Waals surface area contributed by atoms with Gasteiger partial charge in [-0.15, -0.1) is 6.58 Å². The molecule has 0 heterocycles. The van der Waals surface area contributed by atoms with E-state index in [0.717, 1.165) is 13.0 Å². The normalized spacial score (nSPS) is 12.9. The van der Waals surface area contributed by atoms with E-state index in [1.54, 1.807) is 0 Å². The van der Waals surface area contributed by atoms with Gasteiger partial charge in [0.25, 0.3) is 10.1 Å². The van der Waals surface area contributed by atoms with Crippen LogP contribution < -0.4 is 29.6 Å². The summed E-state index contributed by atoms with van der Waals surface area (Å²) in [6.45, 7) is 9.27. The van der Waals surface area contributed by atoms with E-state index in [1.165, 1.54) is 83.5 Å². The van der Waals surface area contributed by atoms with Crippen LogP contribution in [0.5, 0.6) is 0 Å². The van der Waals surface area contributed by atoms with E-state index < -0.39 is 10.1 Å². The molecule has 0 aromatic rings. The quantitative estimate of drug-likeness (QED) is 0.124. The summed E-state index contributed by atoms with van der Waals surface area (Å²) in [4.78, 5) is 2.08. The standard InChI is InChI=1S/C24H47NO3S.Na.H/c1-4-6-7-8-9-10-11-12-13-14-15-16-17-18-19-20-21-25(24(3)5-2)22-23-29(26,27)28;;/h5,12-13,24H,2,4,6-11,14-23H2,1,3H3,(H,26,27,28);;/q;+1;-1/b13-12-;;. The maximum Gasteiger partial charge on any atom is 1.00 e. The van der Waals surface area contributed by atoms with Gasteiger partial charge in [0.2, 0.25) is 0 Å². The molecule has 0 amide bonds. The number of allylic oxidation sites excluding steroid dienone is 2. The van der Waals surface area contributed by atoms with Crippen LogP contribution in [0, 0.1) is 0 Å². The van der Waals surface area contributed by atoms with Gasteiger partial charge in [0.05, 0.1) is 5.75 Å². The van der Waals surface area contributed by atoms with Crippen LogP contribution in [-0.2, 0) is 10.1 Å². The van der Waals surface area contributed by atoms with Gasteiger partial charge in [-0.25, -0.2) is 0 Å². The van der Waals surface area contributed by atoms with E-state index in [4.69, 9.17) is 4.55 Å². The number of unbranched alkanes of at least 4 members (excludes halogenated alkanes) is 12. The molecule has 0 rings (SSSR count). The summed E-state index contributed by atoms with van der Waals surface area (Å²) >= 11 is 0. The number of rotatable bonds is 21. The minimum absolute atomic E-state index is 0. The van der Waals surface area contributed by atoms with Gasteiger partial charge in [-0.3, -0.25) is 9.45 Å². The molecule has 30 heavy (non-hydrogen) atoms. The zero-order chi connectivity index (χ0) is 21.8. The van der Waals surface area contributed by atoms with Crippen molar-refractivity contribution in [2.45, 2.75) is 110 Å². The summed E-state index contributed by atoms with van der Waals surface area (Å²) in [5.74, 6) is -0.211. The summed E-state index contributed by atoms with van der Waals surface area (Å²) in [5, 5.41) is 0. The van der Waals surface area contributed by atoms with Crippen LogP contribution >= 0.6 is 0 Å². The molecule has 0 aliphatic rings. The van der Waals surface area contributed by atoms with Gasteiger partial charge in [0.1, 0.15) is 0 Å². The maximum absolute atomic E-state index is 11.0. The van der Waals surface area contributed by atoms with Crippen molar-refractivity contribution in [3.05, 3.63) is 24.8 Å². The maximum atomic E-state index is 11.0. The van der Waals surface area contributed by atoms with Gasteiger partial charge in [-0.2, -0.15) is 8.42 Å². The molecule has 4 nitrogen and oxygen atoms in total. The summed E-state index contributed by atoms with van der Waals surface area (Å²) in [6.07, 6.45) is 24.5. The predicted octanol–water partition coefficient (Wildman–Crippen LogP) is 3.90. The molecule has 0 bridgehead atoms. The summed E-state index contributed by atoms with van der Waals surface area (Å²) in [5.41, 5.74) is 0. The van der Waals surface area contributed by atoms with Crippen LogP contribution in [0.2, 0.25) is 0 Å². The number of hydrogen-bond acceptors (Lipinski definition) is 3. The van der Waals surface area contributed by atoms with Gasteiger partial charge in [-0.05, 0) is 45.6 Å². The van der Waals surface area contributed by atoms with Gasteiger partial charge in [0.15, 0.2) is 0 Å². The first kappa shape index (κ1) is 32.5. The Hall–Kier alpha value is 0.350. The minimum atomic E-state index is -3.90. The Kier molecular flexibility index (Phi) is 24.4. The molecule has 1 atom stereocenters. The third kappa shape index (κ3) is 23.0. The summed E-state index contributed by atoms with van der Waals surface area (Å²) < 4.78 is 30.9. The fraction of sp³-hybridized carbons (Fsp3) is 0.833. The largest absolute Gasteiger partial charge is 1.00 e. The second-order valence-corrected chi connectivity index (χ2v) is 9.81. The molecule has 0 spiro atoms. The van der Waals surface area contributed by atoms with Crippen LogP contribution in [0.1, 0.15) is 105 Å². The van der Waals surface area contributed by atoms with Crippen LogP contribution in [0.3, 0.4) is 0 Å². The molecule has 0 aromatic heterocycles. The minimum Gasteiger partial charge on any atom is -1.00 e. The smallest absolute Gasteiger partial charge is 1.00 e. The zero-order valence-electron chi connectivity index (χ0n) is 21.2. The topological polar surface area (TPSA) is 57.6 Å². The molecule has 1 unspecified atom stereocenters. The van der Waals surface area contributed by atoms with E-state index in [2.05, 4.69) is 30.6 Å². The van der Waals surface area contributed by atoms with Crippen LogP contribution in [0.4, 0.5) is 0 Å². The van der Waals surface area contributed by atoms with E-state index in [0.29, 0.717) is 6.54 Å². The van der Waals surface area contributed by atoms with E-state index in [1.807, 2.05) is 13.0 Å². The Bertz CT molecular complexity index is 515. The molecular formula is C24H48NNaO3S. The second-order valence-electron chi connectivity index (χ2n) is 8.24. The molecule has 0 aliphatic carbocycles. The average molecular weight is 454 g/mol. The molecule has 0 saturated heterocycles. The van der Waals surface area contributed by atoms with Crippen LogP contribution in [-0.4, -0.2) is 42.8 Å². The van der Waals surface area contributed by atoms with Crippen molar-refractivity contribution in [1.82, 2.24) is 4.90 Å². The summed E-state index contributed by atoms with van der Waals surface area (Å²) in [7, 11) is -3.90. The van der Waals surface area contributed by atoms with E-state index >= 15 is 0 Å². The van der Waals surface area contributed by atoms with Crippen molar-refractivity contribution >= 4 is 10.1 Å². The number of nitrogens with zero attached hydrogens (tertiary/aromatic N) is 1. The predicted molar refractivity (Wildman–Crippen MR) is 128 cm³/mol. The zero-order valence-corrected chi connectivity index (χ0v) is 23.0. The Balaban J connectivity index is -0.00000392. The van der Waals surface area contributed by atoms with Crippen molar-refractivity contribution < 1.29 is 44.0 Å². The first-order valence-electron chi connectivity index (χ1n) is 11.9. The van der Waals surface area contributed by atoms with Crippen molar-refractivity contribution in [3.8, 4) is 0 Å². The molecule has 0 saturated carbocycles.